The van der Waals surface area contributed by atoms with Crippen molar-refractivity contribution in [1.82, 2.24) is 10.3 Å². The lowest BCUT2D eigenvalue weighted by Gasteiger charge is -2.19. The van der Waals surface area contributed by atoms with Crippen LogP contribution in [0.3, 0.4) is 0 Å². The summed E-state index contributed by atoms with van der Waals surface area (Å²) in [6, 6.07) is 4.26. The molecule has 0 bridgehead atoms. The van der Waals surface area contributed by atoms with E-state index in [-0.39, 0.29) is 0 Å². The summed E-state index contributed by atoms with van der Waals surface area (Å²) in [6.07, 6.45) is 5.14. The zero-order valence-electron chi connectivity index (χ0n) is 11.4. The van der Waals surface area contributed by atoms with Gasteiger partial charge in [0.05, 0.1) is 0 Å². The van der Waals surface area contributed by atoms with Crippen molar-refractivity contribution in [2.75, 3.05) is 18.9 Å². The molecular formula is C14H24N4. The first-order chi connectivity index (χ1) is 8.67. The highest BCUT2D eigenvalue weighted by Gasteiger charge is 2.08. The molecule has 0 fully saturated rings. The summed E-state index contributed by atoms with van der Waals surface area (Å²) in [5.41, 5.74) is 7.19. The van der Waals surface area contributed by atoms with E-state index < -0.39 is 0 Å². The van der Waals surface area contributed by atoms with Gasteiger partial charge in [0, 0.05) is 23.5 Å². The second-order valence-corrected chi connectivity index (χ2v) is 4.48. The molecule has 1 heterocycles. The first-order valence-electron chi connectivity index (χ1n) is 6.49. The van der Waals surface area contributed by atoms with Crippen LogP contribution in [0.15, 0.2) is 24.9 Å². The molecule has 4 nitrogen and oxygen atoms in total. The van der Waals surface area contributed by atoms with E-state index in [0.717, 1.165) is 37.2 Å². The quantitative estimate of drug-likeness (QED) is 0.660. The van der Waals surface area contributed by atoms with Crippen LogP contribution in [0.25, 0.3) is 5.70 Å². The van der Waals surface area contributed by atoms with Gasteiger partial charge in [-0.15, -0.1) is 0 Å². The third-order valence-corrected chi connectivity index (χ3v) is 2.86. The molecule has 0 aliphatic carbocycles. The molecule has 1 rings (SSSR count). The van der Waals surface area contributed by atoms with Crippen LogP contribution in [0.1, 0.15) is 31.7 Å². The van der Waals surface area contributed by atoms with Crippen LogP contribution in [0.5, 0.6) is 0 Å². The Bertz CT molecular complexity index is 376. The molecule has 0 aromatic carbocycles. The number of hydrogen-bond donors (Lipinski definition) is 3. The van der Waals surface area contributed by atoms with Gasteiger partial charge in [-0.25, -0.2) is 4.98 Å². The fourth-order valence-electron chi connectivity index (χ4n) is 1.87. The number of rotatable bonds is 8. The molecule has 1 atom stereocenters. The molecule has 100 valence electrons. The van der Waals surface area contributed by atoms with Crippen molar-refractivity contribution in [2.24, 2.45) is 5.73 Å². The predicted octanol–water partition coefficient (Wildman–Crippen LogP) is 2.20. The minimum absolute atomic E-state index is 0.441. The van der Waals surface area contributed by atoms with E-state index in [1.54, 1.807) is 6.20 Å². The van der Waals surface area contributed by atoms with E-state index in [4.69, 9.17) is 5.73 Å². The minimum atomic E-state index is 0.441. The van der Waals surface area contributed by atoms with Gasteiger partial charge in [-0.05, 0) is 38.6 Å². The van der Waals surface area contributed by atoms with Gasteiger partial charge in [0.25, 0.3) is 0 Å². The monoisotopic (exact) mass is 248 g/mol. The second-order valence-electron chi connectivity index (χ2n) is 4.48. The number of anilines is 1. The molecule has 0 saturated carbocycles. The maximum Gasteiger partial charge on any atom is 0.126 e. The summed E-state index contributed by atoms with van der Waals surface area (Å²) in [6.45, 7) is 6.94. The lowest BCUT2D eigenvalue weighted by molar-refractivity contribution is 0.573. The van der Waals surface area contributed by atoms with E-state index in [1.165, 1.54) is 0 Å². The van der Waals surface area contributed by atoms with Crippen molar-refractivity contribution < 1.29 is 0 Å². The van der Waals surface area contributed by atoms with Crippen LogP contribution in [-0.4, -0.2) is 24.6 Å². The minimum Gasteiger partial charge on any atom is -0.399 e. The topological polar surface area (TPSA) is 63.0 Å². The van der Waals surface area contributed by atoms with Gasteiger partial charge in [0.1, 0.15) is 5.82 Å². The second kappa shape index (κ2) is 7.71. The van der Waals surface area contributed by atoms with Gasteiger partial charge in [-0.2, -0.15) is 0 Å². The Morgan fingerprint density at radius 1 is 1.50 bits per heavy atom. The average molecular weight is 248 g/mol. The van der Waals surface area contributed by atoms with Crippen molar-refractivity contribution >= 4 is 11.5 Å². The van der Waals surface area contributed by atoms with Crippen molar-refractivity contribution in [3.63, 3.8) is 0 Å². The van der Waals surface area contributed by atoms with Crippen molar-refractivity contribution in [2.45, 2.75) is 32.2 Å². The van der Waals surface area contributed by atoms with Crippen LogP contribution in [0.4, 0.5) is 5.82 Å². The molecule has 1 aromatic rings. The van der Waals surface area contributed by atoms with Crippen molar-refractivity contribution in [1.29, 1.82) is 0 Å². The Kier molecular flexibility index (Phi) is 6.22. The molecule has 18 heavy (non-hydrogen) atoms. The Balaban J connectivity index is 2.67. The summed E-state index contributed by atoms with van der Waals surface area (Å²) < 4.78 is 0. The molecule has 1 unspecified atom stereocenters. The SMILES string of the molecule is C=C(N)c1ccnc(NC(CCC)CCNC)c1. The van der Waals surface area contributed by atoms with E-state index >= 15 is 0 Å². The lowest BCUT2D eigenvalue weighted by atomic mass is 10.1. The van der Waals surface area contributed by atoms with Crippen molar-refractivity contribution in [3.8, 4) is 0 Å². The third kappa shape index (κ3) is 4.75. The Hall–Kier alpha value is -1.55. The first kappa shape index (κ1) is 14.5. The van der Waals surface area contributed by atoms with E-state index in [0.29, 0.717) is 11.7 Å². The van der Waals surface area contributed by atoms with E-state index in [2.05, 4.69) is 29.1 Å². The molecule has 0 saturated heterocycles. The van der Waals surface area contributed by atoms with Crippen LogP contribution in [0, 0.1) is 0 Å². The van der Waals surface area contributed by atoms with Crippen LogP contribution >= 0.6 is 0 Å². The highest BCUT2D eigenvalue weighted by atomic mass is 15.0. The number of nitrogens with two attached hydrogens (primary N) is 1. The summed E-state index contributed by atoms with van der Waals surface area (Å²) in [7, 11) is 1.97. The standard InChI is InChI=1S/C14H24N4/c1-4-5-13(7-8-16-3)18-14-10-12(11(2)15)6-9-17-14/h6,9-10,13,16H,2,4-5,7-8,15H2,1,3H3,(H,17,18). The highest BCUT2D eigenvalue weighted by Crippen LogP contribution is 2.14. The van der Waals surface area contributed by atoms with Crippen LogP contribution < -0.4 is 16.4 Å². The molecule has 0 radical (unpaired) electrons. The molecule has 0 spiro atoms. The van der Waals surface area contributed by atoms with Gasteiger partial charge < -0.3 is 16.4 Å². The molecule has 0 aliphatic rings. The molecule has 4 N–H and O–H groups in total. The van der Waals surface area contributed by atoms with E-state index in [9.17, 15) is 0 Å². The molecule has 0 aliphatic heterocycles. The van der Waals surface area contributed by atoms with Gasteiger partial charge >= 0.3 is 0 Å². The maximum atomic E-state index is 5.69. The van der Waals surface area contributed by atoms with Gasteiger partial charge in [-0.1, -0.05) is 19.9 Å². The number of aromatic nitrogens is 1. The fourth-order valence-corrected chi connectivity index (χ4v) is 1.87. The summed E-state index contributed by atoms with van der Waals surface area (Å²) >= 11 is 0. The third-order valence-electron chi connectivity index (χ3n) is 2.86. The normalized spacial score (nSPS) is 12.1. The largest absolute Gasteiger partial charge is 0.399 e. The number of nitrogens with one attached hydrogen (secondary N) is 2. The van der Waals surface area contributed by atoms with E-state index in [1.807, 2.05) is 19.2 Å². The average Bonchev–Trinajstić information content (AvgIpc) is 2.36. The smallest absolute Gasteiger partial charge is 0.126 e. The summed E-state index contributed by atoms with van der Waals surface area (Å²) in [5, 5.41) is 6.64. The molecule has 4 heteroatoms. The molecular weight excluding hydrogens is 224 g/mol. The van der Waals surface area contributed by atoms with Crippen molar-refractivity contribution in [3.05, 3.63) is 30.5 Å². The lowest BCUT2D eigenvalue weighted by Crippen LogP contribution is -2.24. The fraction of sp³-hybridized carbons (Fsp3) is 0.500. The number of hydrogen-bond acceptors (Lipinski definition) is 4. The maximum absolute atomic E-state index is 5.69. The summed E-state index contributed by atoms with van der Waals surface area (Å²) in [4.78, 5) is 4.32. The zero-order valence-corrected chi connectivity index (χ0v) is 11.4. The van der Waals surface area contributed by atoms with Gasteiger partial charge in [0.15, 0.2) is 0 Å². The van der Waals surface area contributed by atoms with Gasteiger partial charge in [-0.3, -0.25) is 0 Å². The Morgan fingerprint density at radius 2 is 2.28 bits per heavy atom. The summed E-state index contributed by atoms with van der Waals surface area (Å²) in [5.74, 6) is 0.869. The Labute approximate surface area is 110 Å². The molecule has 1 aromatic heterocycles. The number of pyridine rings is 1. The highest BCUT2D eigenvalue weighted by molar-refractivity contribution is 5.62. The molecule has 0 amide bonds. The van der Waals surface area contributed by atoms with Crippen LogP contribution in [-0.2, 0) is 0 Å². The number of nitrogens with zero attached hydrogens (tertiary/aromatic N) is 1. The van der Waals surface area contributed by atoms with Gasteiger partial charge in [0.2, 0.25) is 0 Å². The Morgan fingerprint density at radius 3 is 2.89 bits per heavy atom. The first-order valence-corrected chi connectivity index (χ1v) is 6.49. The zero-order chi connectivity index (χ0) is 13.4. The van der Waals surface area contributed by atoms with Crippen LogP contribution in [0.2, 0.25) is 0 Å². The predicted molar refractivity (Wildman–Crippen MR) is 78.3 cm³/mol.